The zero-order valence-electron chi connectivity index (χ0n) is 11.9. The molecule has 0 bridgehead atoms. The molecule has 106 valence electrons. The lowest BCUT2D eigenvalue weighted by Gasteiger charge is -2.18. The predicted molar refractivity (Wildman–Crippen MR) is 83.2 cm³/mol. The molecule has 20 heavy (non-hydrogen) atoms. The monoisotopic (exact) mass is 290 g/mol. The van der Waals surface area contributed by atoms with Crippen LogP contribution in [0.25, 0.3) is 10.9 Å². The Bertz CT molecular complexity index is 612. The van der Waals surface area contributed by atoms with Crippen LogP contribution in [0.2, 0.25) is 5.15 Å². The number of amides is 1. The van der Waals surface area contributed by atoms with Crippen LogP contribution in [0.3, 0.4) is 0 Å². The molecule has 0 unspecified atom stereocenters. The van der Waals surface area contributed by atoms with Gasteiger partial charge in [-0.25, -0.2) is 4.98 Å². The quantitative estimate of drug-likeness (QED) is 0.612. The van der Waals surface area contributed by atoms with Crippen LogP contribution in [0.1, 0.15) is 36.5 Å². The topological polar surface area (TPSA) is 33.2 Å². The molecule has 4 heteroatoms. The highest BCUT2D eigenvalue weighted by molar-refractivity contribution is 6.30. The molecule has 1 aromatic heterocycles. The number of pyridine rings is 1. The van der Waals surface area contributed by atoms with Crippen LogP contribution in [-0.2, 0) is 0 Å². The first-order chi connectivity index (χ1) is 9.63. The number of carbonyl (C=O) groups is 1. The fourth-order valence-corrected chi connectivity index (χ4v) is 2.43. The van der Waals surface area contributed by atoms with Crippen molar-refractivity contribution in [3.8, 4) is 0 Å². The highest BCUT2D eigenvalue weighted by Crippen LogP contribution is 2.22. The molecule has 1 amide bonds. The first-order valence-corrected chi connectivity index (χ1v) is 7.32. The van der Waals surface area contributed by atoms with Gasteiger partial charge in [-0.05, 0) is 18.6 Å². The minimum Gasteiger partial charge on any atom is -0.342 e. The Balaban J connectivity index is 2.29. The molecule has 2 aromatic rings. The summed E-state index contributed by atoms with van der Waals surface area (Å²) >= 11 is 6.02. The van der Waals surface area contributed by atoms with E-state index < -0.39 is 0 Å². The summed E-state index contributed by atoms with van der Waals surface area (Å²) in [5, 5.41) is 1.21. The van der Waals surface area contributed by atoms with Crippen molar-refractivity contribution < 1.29 is 4.79 Å². The van der Waals surface area contributed by atoms with E-state index in [9.17, 15) is 4.79 Å². The Morgan fingerprint density at radius 2 is 2.05 bits per heavy atom. The van der Waals surface area contributed by atoms with Crippen molar-refractivity contribution in [3.63, 3.8) is 0 Å². The molecule has 0 radical (unpaired) electrons. The number of hydrogen-bond donors (Lipinski definition) is 0. The molecule has 3 nitrogen and oxygen atoms in total. The number of rotatable bonds is 5. The second-order valence-corrected chi connectivity index (χ2v) is 5.33. The molecule has 0 atom stereocenters. The fourth-order valence-electron chi connectivity index (χ4n) is 2.23. The summed E-state index contributed by atoms with van der Waals surface area (Å²) in [5.74, 6) is 0.00148. The molecular weight excluding hydrogens is 272 g/mol. The SMILES string of the molecule is CCCCCN(C)C(=O)c1cc(Cl)nc2ccccc12. The lowest BCUT2D eigenvalue weighted by molar-refractivity contribution is 0.0794. The minimum absolute atomic E-state index is 0.00148. The highest BCUT2D eigenvalue weighted by Gasteiger charge is 2.16. The lowest BCUT2D eigenvalue weighted by atomic mass is 10.1. The summed E-state index contributed by atoms with van der Waals surface area (Å²) in [4.78, 5) is 18.6. The van der Waals surface area contributed by atoms with Gasteiger partial charge < -0.3 is 4.90 Å². The van der Waals surface area contributed by atoms with Crippen LogP contribution in [0, 0.1) is 0 Å². The van der Waals surface area contributed by atoms with E-state index in [2.05, 4.69) is 11.9 Å². The van der Waals surface area contributed by atoms with Crippen LogP contribution in [0.15, 0.2) is 30.3 Å². The van der Waals surface area contributed by atoms with Crippen LogP contribution >= 0.6 is 11.6 Å². The molecule has 0 aliphatic carbocycles. The fraction of sp³-hybridized carbons (Fsp3) is 0.375. The van der Waals surface area contributed by atoms with E-state index in [1.54, 1.807) is 11.0 Å². The molecule has 0 spiro atoms. The third-order valence-corrected chi connectivity index (χ3v) is 3.55. The summed E-state index contributed by atoms with van der Waals surface area (Å²) in [7, 11) is 1.83. The van der Waals surface area contributed by atoms with E-state index in [0.717, 1.165) is 36.7 Å². The summed E-state index contributed by atoms with van der Waals surface area (Å²) in [6.45, 7) is 2.92. The Morgan fingerprint density at radius 1 is 1.30 bits per heavy atom. The molecule has 0 saturated carbocycles. The largest absolute Gasteiger partial charge is 0.342 e. The van der Waals surface area contributed by atoms with E-state index in [1.165, 1.54) is 0 Å². The molecular formula is C16H19ClN2O. The number of hydrogen-bond acceptors (Lipinski definition) is 2. The number of benzene rings is 1. The van der Waals surface area contributed by atoms with E-state index >= 15 is 0 Å². The van der Waals surface area contributed by atoms with E-state index in [-0.39, 0.29) is 5.91 Å². The molecule has 0 N–H and O–H groups in total. The van der Waals surface area contributed by atoms with Crippen molar-refractivity contribution in [2.24, 2.45) is 0 Å². The van der Waals surface area contributed by atoms with Crippen LogP contribution in [-0.4, -0.2) is 29.4 Å². The number of halogens is 1. The zero-order chi connectivity index (χ0) is 14.5. The molecule has 0 fully saturated rings. The first kappa shape index (κ1) is 14.8. The van der Waals surface area contributed by atoms with Gasteiger partial charge in [0.1, 0.15) is 5.15 Å². The van der Waals surface area contributed by atoms with Gasteiger partial charge in [0.05, 0.1) is 11.1 Å². The van der Waals surface area contributed by atoms with Gasteiger partial charge in [0.25, 0.3) is 5.91 Å². The molecule has 0 aliphatic rings. The first-order valence-electron chi connectivity index (χ1n) is 6.94. The summed E-state index contributed by atoms with van der Waals surface area (Å²) < 4.78 is 0. The maximum atomic E-state index is 12.5. The number of nitrogens with zero attached hydrogens (tertiary/aromatic N) is 2. The van der Waals surface area contributed by atoms with Gasteiger partial charge in [-0.2, -0.15) is 0 Å². The van der Waals surface area contributed by atoms with Gasteiger partial charge >= 0.3 is 0 Å². The normalized spacial score (nSPS) is 10.8. The minimum atomic E-state index is 0.00148. The number of unbranched alkanes of at least 4 members (excludes halogenated alkanes) is 2. The van der Waals surface area contributed by atoms with Gasteiger partial charge in [0, 0.05) is 19.0 Å². The zero-order valence-corrected chi connectivity index (χ0v) is 12.7. The Labute approximate surface area is 124 Å². The van der Waals surface area contributed by atoms with Crippen LogP contribution < -0.4 is 0 Å². The maximum Gasteiger partial charge on any atom is 0.254 e. The standard InChI is InChI=1S/C16H19ClN2O/c1-3-4-7-10-19(2)16(20)13-11-15(17)18-14-9-6-5-8-12(13)14/h5-6,8-9,11H,3-4,7,10H2,1-2H3. The third kappa shape index (κ3) is 3.28. The molecule has 2 rings (SSSR count). The average Bonchev–Trinajstić information content (AvgIpc) is 2.45. The van der Waals surface area contributed by atoms with Gasteiger partial charge in [-0.15, -0.1) is 0 Å². The van der Waals surface area contributed by atoms with Crippen LogP contribution in [0.4, 0.5) is 0 Å². The van der Waals surface area contributed by atoms with Gasteiger partial charge in [-0.1, -0.05) is 49.6 Å². The average molecular weight is 291 g/mol. The summed E-state index contributed by atoms with van der Waals surface area (Å²) in [6, 6.07) is 9.24. The second-order valence-electron chi connectivity index (χ2n) is 4.94. The van der Waals surface area contributed by atoms with Crippen molar-refractivity contribution >= 4 is 28.4 Å². The van der Waals surface area contributed by atoms with E-state index in [1.807, 2.05) is 31.3 Å². The second kappa shape index (κ2) is 6.71. The van der Waals surface area contributed by atoms with Gasteiger partial charge in [0.15, 0.2) is 0 Å². The Morgan fingerprint density at radius 3 is 2.80 bits per heavy atom. The van der Waals surface area contributed by atoms with Crippen molar-refractivity contribution in [1.29, 1.82) is 0 Å². The highest BCUT2D eigenvalue weighted by atomic mass is 35.5. The smallest absolute Gasteiger partial charge is 0.254 e. The van der Waals surface area contributed by atoms with Crippen molar-refractivity contribution in [2.75, 3.05) is 13.6 Å². The number of fused-ring (bicyclic) bond motifs is 1. The molecule has 0 saturated heterocycles. The Hall–Kier alpha value is -1.61. The lowest BCUT2D eigenvalue weighted by Crippen LogP contribution is -2.28. The van der Waals surface area contributed by atoms with Crippen LogP contribution in [0.5, 0.6) is 0 Å². The molecule has 0 aliphatic heterocycles. The molecule has 1 aromatic carbocycles. The predicted octanol–water partition coefficient (Wildman–Crippen LogP) is 4.15. The Kier molecular flexibility index (Phi) is 4.96. The van der Waals surface area contributed by atoms with Crippen molar-refractivity contribution in [3.05, 3.63) is 41.0 Å². The molecule has 1 heterocycles. The van der Waals surface area contributed by atoms with E-state index in [0.29, 0.717) is 10.7 Å². The van der Waals surface area contributed by atoms with Crippen molar-refractivity contribution in [1.82, 2.24) is 9.88 Å². The summed E-state index contributed by atoms with van der Waals surface area (Å²) in [5.41, 5.74) is 1.38. The third-order valence-electron chi connectivity index (χ3n) is 3.36. The number of para-hydroxylation sites is 1. The number of aromatic nitrogens is 1. The maximum absolute atomic E-state index is 12.5. The van der Waals surface area contributed by atoms with E-state index in [4.69, 9.17) is 11.6 Å². The van der Waals surface area contributed by atoms with Gasteiger partial charge in [0.2, 0.25) is 0 Å². The van der Waals surface area contributed by atoms with Gasteiger partial charge in [-0.3, -0.25) is 4.79 Å². The van der Waals surface area contributed by atoms with Crippen molar-refractivity contribution in [2.45, 2.75) is 26.2 Å². The number of carbonyl (C=O) groups excluding carboxylic acids is 1. The summed E-state index contributed by atoms with van der Waals surface area (Å²) in [6.07, 6.45) is 3.30.